The summed E-state index contributed by atoms with van der Waals surface area (Å²) in [6.45, 7) is 7.68. The highest BCUT2D eigenvalue weighted by Gasteiger charge is 2.33. The first-order chi connectivity index (χ1) is 15.4. The highest BCUT2D eigenvalue weighted by Crippen LogP contribution is 2.34. The smallest absolute Gasteiger partial charge is 0.416 e. The van der Waals surface area contributed by atoms with Gasteiger partial charge in [-0.05, 0) is 45.4 Å². The van der Waals surface area contributed by atoms with Crippen LogP contribution >= 0.6 is 0 Å². The van der Waals surface area contributed by atoms with Gasteiger partial charge in [0.2, 0.25) is 5.95 Å². The summed E-state index contributed by atoms with van der Waals surface area (Å²) in [5.41, 5.74) is 0.335. The maximum atomic E-state index is 13.1. The first-order valence-electron chi connectivity index (χ1n) is 10.4. The van der Waals surface area contributed by atoms with E-state index < -0.39 is 29.5 Å². The second-order valence-corrected chi connectivity index (χ2v) is 8.70. The van der Waals surface area contributed by atoms with Gasteiger partial charge in [-0.25, -0.2) is 9.78 Å². The number of alkyl halides is 3. The molecule has 0 spiro atoms. The number of nitrogens with one attached hydrogen (secondary N) is 2. The molecule has 1 amide bonds. The van der Waals surface area contributed by atoms with E-state index in [1.54, 1.807) is 33.8 Å². The Balaban J connectivity index is 1.89. The third kappa shape index (κ3) is 6.06. The first kappa shape index (κ1) is 24.2. The predicted molar refractivity (Wildman–Crippen MR) is 118 cm³/mol. The highest BCUT2D eigenvalue weighted by molar-refractivity contribution is 5.70. The number of aromatic nitrogens is 2. The number of benzene rings is 1. The van der Waals surface area contributed by atoms with Gasteiger partial charge in [-0.1, -0.05) is 18.1 Å². The van der Waals surface area contributed by atoms with Crippen LogP contribution in [0.2, 0.25) is 0 Å². The number of carbonyl (C=O) groups excluding carboxylic acids is 1. The van der Waals surface area contributed by atoms with Gasteiger partial charge in [0.05, 0.1) is 30.9 Å². The molecule has 1 aromatic carbocycles. The molecule has 7 nitrogen and oxygen atoms in total. The van der Waals surface area contributed by atoms with Crippen LogP contribution in [0.4, 0.5) is 29.7 Å². The summed E-state index contributed by atoms with van der Waals surface area (Å²) in [4.78, 5) is 23.0. The quantitative estimate of drug-likeness (QED) is 0.613. The Hall–Kier alpha value is -3.48. The van der Waals surface area contributed by atoms with Crippen molar-refractivity contribution in [3.05, 3.63) is 46.6 Å². The maximum absolute atomic E-state index is 13.1. The van der Waals surface area contributed by atoms with E-state index in [2.05, 4.69) is 26.5 Å². The Bertz CT molecular complexity index is 1070. The standard InChI is InChI=1S/C23H26F3N5O2/c1-6-10-27-20-29-18-13-31(21(32)33-22(3,4)5)12-17(18)19(30-20)28-14(2)15-8-7-9-16(11-15)23(24,25)26/h1,7-9,11,14H,10,12-13H2,2-5H3,(H2,27,28,29,30)/t14-/m1/s1. The third-order valence-corrected chi connectivity index (χ3v) is 4.85. The molecular weight excluding hydrogens is 435 g/mol. The maximum Gasteiger partial charge on any atom is 0.416 e. The number of anilines is 2. The van der Waals surface area contributed by atoms with Crippen molar-refractivity contribution in [1.82, 2.24) is 14.9 Å². The monoisotopic (exact) mass is 461 g/mol. The average molecular weight is 461 g/mol. The second-order valence-electron chi connectivity index (χ2n) is 8.70. The van der Waals surface area contributed by atoms with Crippen molar-refractivity contribution < 1.29 is 22.7 Å². The molecule has 0 fully saturated rings. The van der Waals surface area contributed by atoms with Crippen molar-refractivity contribution in [2.75, 3.05) is 17.2 Å². The first-order valence-corrected chi connectivity index (χ1v) is 10.4. The topological polar surface area (TPSA) is 79.4 Å². The average Bonchev–Trinajstić information content (AvgIpc) is 3.15. The van der Waals surface area contributed by atoms with Gasteiger partial charge in [0.25, 0.3) is 0 Å². The van der Waals surface area contributed by atoms with E-state index in [9.17, 15) is 18.0 Å². The van der Waals surface area contributed by atoms with Crippen LogP contribution in [0.15, 0.2) is 24.3 Å². The van der Waals surface area contributed by atoms with E-state index in [1.807, 2.05) is 0 Å². The molecule has 0 saturated carbocycles. The number of fused-ring (bicyclic) bond motifs is 1. The Kier molecular flexibility index (Phi) is 6.72. The summed E-state index contributed by atoms with van der Waals surface area (Å²) < 4.78 is 44.8. The van der Waals surface area contributed by atoms with Gasteiger partial charge in [-0.3, -0.25) is 4.90 Å². The fourth-order valence-corrected chi connectivity index (χ4v) is 3.31. The number of terminal acetylenes is 1. The number of amides is 1. The zero-order valence-corrected chi connectivity index (χ0v) is 18.9. The van der Waals surface area contributed by atoms with Crippen molar-refractivity contribution in [3.63, 3.8) is 0 Å². The van der Waals surface area contributed by atoms with E-state index in [4.69, 9.17) is 11.2 Å². The molecule has 2 N–H and O–H groups in total. The van der Waals surface area contributed by atoms with Gasteiger partial charge in [-0.15, -0.1) is 6.42 Å². The molecule has 33 heavy (non-hydrogen) atoms. The molecule has 10 heteroatoms. The summed E-state index contributed by atoms with van der Waals surface area (Å²) in [5, 5.41) is 6.08. The molecule has 0 radical (unpaired) electrons. The lowest BCUT2D eigenvalue weighted by molar-refractivity contribution is -0.137. The van der Waals surface area contributed by atoms with Crippen LogP contribution < -0.4 is 10.6 Å². The van der Waals surface area contributed by atoms with Gasteiger partial charge in [0, 0.05) is 11.6 Å². The minimum absolute atomic E-state index is 0.192. The van der Waals surface area contributed by atoms with Crippen molar-refractivity contribution in [1.29, 1.82) is 0 Å². The van der Waals surface area contributed by atoms with Crippen LogP contribution in [-0.4, -0.2) is 33.1 Å². The van der Waals surface area contributed by atoms with E-state index >= 15 is 0 Å². The van der Waals surface area contributed by atoms with Crippen LogP contribution in [0, 0.1) is 12.3 Å². The SMILES string of the molecule is C#CCNc1nc2c(c(N[C@H](C)c3cccc(C(F)(F)F)c3)n1)CN(C(=O)OC(C)(C)C)C2. The number of hydrogen-bond acceptors (Lipinski definition) is 6. The minimum Gasteiger partial charge on any atom is -0.444 e. The summed E-state index contributed by atoms with van der Waals surface area (Å²) in [6, 6.07) is 4.61. The molecule has 1 aliphatic rings. The summed E-state index contributed by atoms with van der Waals surface area (Å²) in [5.74, 6) is 3.11. The van der Waals surface area contributed by atoms with Crippen LogP contribution in [0.5, 0.6) is 0 Å². The van der Waals surface area contributed by atoms with Crippen LogP contribution in [0.25, 0.3) is 0 Å². The fraction of sp³-hybridized carbons (Fsp3) is 0.435. The van der Waals surface area contributed by atoms with Gasteiger partial charge in [0.1, 0.15) is 11.4 Å². The highest BCUT2D eigenvalue weighted by atomic mass is 19.4. The number of rotatable bonds is 5. The summed E-state index contributed by atoms with van der Waals surface area (Å²) >= 11 is 0. The zero-order valence-electron chi connectivity index (χ0n) is 18.9. The number of nitrogens with zero attached hydrogens (tertiary/aromatic N) is 3. The number of ether oxygens (including phenoxy) is 1. The van der Waals surface area contributed by atoms with Crippen molar-refractivity contribution in [2.45, 2.75) is 58.6 Å². The number of halogens is 3. The van der Waals surface area contributed by atoms with Crippen LogP contribution in [0.3, 0.4) is 0 Å². The Morgan fingerprint density at radius 3 is 2.64 bits per heavy atom. The molecule has 1 aromatic heterocycles. The molecule has 1 aliphatic heterocycles. The Morgan fingerprint density at radius 2 is 2.00 bits per heavy atom. The molecule has 3 rings (SSSR count). The minimum atomic E-state index is -4.44. The fourth-order valence-electron chi connectivity index (χ4n) is 3.31. The molecule has 1 atom stereocenters. The Morgan fingerprint density at radius 1 is 1.27 bits per heavy atom. The predicted octanol–water partition coefficient (Wildman–Crippen LogP) is 4.96. The summed E-state index contributed by atoms with van der Waals surface area (Å²) in [7, 11) is 0. The molecule has 176 valence electrons. The van der Waals surface area contributed by atoms with Crippen molar-refractivity contribution in [2.24, 2.45) is 0 Å². The van der Waals surface area contributed by atoms with Gasteiger partial charge in [-0.2, -0.15) is 18.2 Å². The lowest BCUT2D eigenvalue weighted by Gasteiger charge is -2.24. The second kappa shape index (κ2) is 9.17. The van der Waals surface area contributed by atoms with E-state index in [-0.39, 0.29) is 25.6 Å². The molecular formula is C23H26F3N5O2. The number of carbonyl (C=O) groups is 1. The van der Waals surface area contributed by atoms with Crippen LogP contribution in [-0.2, 0) is 24.0 Å². The third-order valence-electron chi connectivity index (χ3n) is 4.85. The van der Waals surface area contributed by atoms with Crippen LogP contribution in [0.1, 0.15) is 56.1 Å². The van der Waals surface area contributed by atoms with E-state index in [0.717, 1.165) is 12.1 Å². The zero-order chi connectivity index (χ0) is 24.4. The van der Waals surface area contributed by atoms with Crippen molar-refractivity contribution in [3.8, 4) is 12.3 Å². The molecule has 0 aliphatic carbocycles. The molecule has 2 aromatic rings. The Labute approximate surface area is 190 Å². The molecule has 0 saturated heterocycles. The van der Waals surface area contributed by atoms with Crippen molar-refractivity contribution >= 4 is 17.9 Å². The van der Waals surface area contributed by atoms with E-state index in [1.165, 1.54) is 11.0 Å². The number of hydrogen-bond donors (Lipinski definition) is 2. The molecule has 2 heterocycles. The largest absolute Gasteiger partial charge is 0.444 e. The van der Waals surface area contributed by atoms with E-state index in [0.29, 0.717) is 22.6 Å². The van der Waals surface area contributed by atoms with Gasteiger partial charge in [0.15, 0.2) is 0 Å². The normalized spacial score (nSPS) is 14.3. The lowest BCUT2D eigenvalue weighted by atomic mass is 10.0. The lowest BCUT2D eigenvalue weighted by Crippen LogP contribution is -2.33. The summed E-state index contributed by atoms with van der Waals surface area (Å²) in [6.07, 6.45) is 0.380. The molecule has 0 bridgehead atoms. The molecule has 0 unspecified atom stereocenters. The van der Waals surface area contributed by atoms with Gasteiger partial charge >= 0.3 is 12.3 Å². The van der Waals surface area contributed by atoms with Gasteiger partial charge < -0.3 is 15.4 Å².